The minimum Gasteiger partial charge on any atom is -0.379 e. The lowest BCUT2D eigenvalue weighted by molar-refractivity contribution is 0.0360. The molecule has 1 fully saturated rings. The topological polar surface area (TPSA) is 81.0 Å². The van der Waals surface area contributed by atoms with Crippen LogP contribution in [0.1, 0.15) is 17.7 Å². The van der Waals surface area contributed by atoms with Crippen LogP contribution < -0.4 is 5.32 Å². The first kappa shape index (κ1) is 18.2. The van der Waals surface area contributed by atoms with E-state index in [-0.39, 0.29) is 0 Å². The highest BCUT2D eigenvalue weighted by Gasteiger charge is 2.20. The Bertz CT molecular complexity index is 966. The van der Waals surface area contributed by atoms with E-state index in [1.165, 1.54) is 5.56 Å². The molecule has 0 amide bonds. The van der Waals surface area contributed by atoms with E-state index in [4.69, 9.17) is 14.7 Å². The quantitative estimate of drug-likeness (QED) is 0.690. The van der Waals surface area contributed by atoms with Crippen LogP contribution in [0.15, 0.2) is 36.9 Å². The average Bonchev–Trinajstić information content (AvgIpc) is 3.43. The molecular formula is C21H25N7O. The molecule has 1 aliphatic heterocycles. The van der Waals surface area contributed by atoms with E-state index in [1.54, 1.807) is 6.20 Å². The SMILES string of the molecule is c1cncc(-c2nc3c(c(Nc4cnn(CCN5CCOCC5)c4)n2)CCC3)c1. The molecule has 8 nitrogen and oxygen atoms in total. The zero-order chi connectivity index (χ0) is 19.5. The highest BCUT2D eigenvalue weighted by molar-refractivity contribution is 5.64. The van der Waals surface area contributed by atoms with Gasteiger partial charge in [0.25, 0.3) is 0 Å². The Morgan fingerprint density at radius 2 is 2.00 bits per heavy atom. The summed E-state index contributed by atoms with van der Waals surface area (Å²) >= 11 is 0. The van der Waals surface area contributed by atoms with E-state index in [9.17, 15) is 0 Å². The molecule has 0 bridgehead atoms. The molecule has 1 N–H and O–H groups in total. The first-order chi connectivity index (χ1) is 14.3. The highest BCUT2D eigenvalue weighted by atomic mass is 16.5. The molecule has 0 atom stereocenters. The van der Waals surface area contributed by atoms with E-state index in [2.05, 4.69) is 20.3 Å². The van der Waals surface area contributed by atoms with Crippen LogP contribution in [0.2, 0.25) is 0 Å². The second-order valence-corrected chi connectivity index (χ2v) is 7.49. The third-order valence-electron chi connectivity index (χ3n) is 5.50. The summed E-state index contributed by atoms with van der Waals surface area (Å²) in [6.45, 7) is 5.49. The minimum atomic E-state index is 0.723. The van der Waals surface area contributed by atoms with Gasteiger partial charge in [0.05, 0.1) is 31.6 Å². The van der Waals surface area contributed by atoms with Crippen molar-refractivity contribution < 1.29 is 4.74 Å². The third-order valence-corrected chi connectivity index (χ3v) is 5.50. The minimum absolute atomic E-state index is 0.723. The molecule has 0 unspecified atom stereocenters. The Hall–Kier alpha value is -2.84. The number of hydrogen-bond acceptors (Lipinski definition) is 7. The number of morpholine rings is 1. The normalized spacial score (nSPS) is 16.7. The van der Waals surface area contributed by atoms with Crippen LogP contribution in [0, 0.1) is 0 Å². The van der Waals surface area contributed by atoms with Gasteiger partial charge in [-0.05, 0) is 31.4 Å². The Labute approximate surface area is 170 Å². The molecule has 8 heteroatoms. The molecule has 0 radical (unpaired) electrons. The van der Waals surface area contributed by atoms with Gasteiger partial charge < -0.3 is 10.1 Å². The van der Waals surface area contributed by atoms with E-state index in [1.807, 2.05) is 35.4 Å². The van der Waals surface area contributed by atoms with Gasteiger partial charge in [0.15, 0.2) is 5.82 Å². The summed E-state index contributed by atoms with van der Waals surface area (Å²) in [7, 11) is 0. The largest absolute Gasteiger partial charge is 0.379 e. The van der Waals surface area contributed by atoms with Crippen LogP contribution in [0.3, 0.4) is 0 Å². The van der Waals surface area contributed by atoms with Gasteiger partial charge in [-0.3, -0.25) is 14.6 Å². The lowest BCUT2D eigenvalue weighted by Gasteiger charge is -2.26. The van der Waals surface area contributed by atoms with Gasteiger partial charge in [-0.15, -0.1) is 0 Å². The fourth-order valence-corrected chi connectivity index (χ4v) is 3.92. The second-order valence-electron chi connectivity index (χ2n) is 7.49. The second kappa shape index (κ2) is 8.26. The molecule has 0 aromatic carbocycles. The van der Waals surface area contributed by atoms with Crippen molar-refractivity contribution >= 4 is 11.5 Å². The summed E-state index contributed by atoms with van der Waals surface area (Å²) < 4.78 is 7.40. The van der Waals surface area contributed by atoms with E-state index >= 15 is 0 Å². The fourth-order valence-electron chi connectivity index (χ4n) is 3.92. The predicted molar refractivity (Wildman–Crippen MR) is 110 cm³/mol. The summed E-state index contributed by atoms with van der Waals surface area (Å²) in [6, 6.07) is 3.91. The number of anilines is 2. The molecule has 150 valence electrons. The van der Waals surface area contributed by atoms with Crippen molar-refractivity contribution in [3.63, 3.8) is 0 Å². The van der Waals surface area contributed by atoms with Crippen LogP contribution in [-0.4, -0.2) is 62.5 Å². The maximum Gasteiger partial charge on any atom is 0.163 e. The van der Waals surface area contributed by atoms with Crippen LogP contribution in [0.4, 0.5) is 11.5 Å². The number of hydrogen-bond donors (Lipinski definition) is 1. The van der Waals surface area contributed by atoms with Gasteiger partial charge in [0.1, 0.15) is 5.82 Å². The molecule has 0 saturated carbocycles. The third kappa shape index (κ3) is 4.13. The monoisotopic (exact) mass is 391 g/mol. The van der Waals surface area contributed by atoms with E-state index in [0.29, 0.717) is 0 Å². The van der Waals surface area contributed by atoms with Crippen molar-refractivity contribution in [1.82, 2.24) is 29.6 Å². The highest BCUT2D eigenvalue weighted by Crippen LogP contribution is 2.30. The molecule has 1 saturated heterocycles. The van der Waals surface area contributed by atoms with Crippen molar-refractivity contribution in [3.05, 3.63) is 48.2 Å². The molecular weight excluding hydrogens is 366 g/mol. The number of fused-ring (bicyclic) bond motifs is 1. The number of ether oxygens (including phenoxy) is 1. The van der Waals surface area contributed by atoms with Gasteiger partial charge in [0.2, 0.25) is 0 Å². The smallest absolute Gasteiger partial charge is 0.163 e. The first-order valence-corrected chi connectivity index (χ1v) is 10.2. The molecule has 4 heterocycles. The summed E-state index contributed by atoms with van der Waals surface area (Å²) in [6.07, 6.45) is 10.6. The molecule has 1 aliphatic carbocycles. The maximum atomic E-state index is 5.41. The van der Waals surface area contributed by atoms with Crippen LogP contribution >= 0.6 is 0 Å². The average molecular weight is 391 g/mol. The Morgan fingerprint density at radius 1 is 1.07 bits per heavy atom. The Morgan fingerprint density at radius 3 is 2.86 bits per heavy atom. The molecule has 29 heavy (non-hydrogen) atoms. The van der Waals surface area contributed by atoms with Crippen LogP contribution in [-0.2, 0) is 24.1 Å². The zero-order valence-corrected chi connectivity index (χ0v) is 16.4. The zero-order valence-electron chi connectivity index (χ0n) is 16.4. The van der Waals surface area contributed by atoms with Crippen molar-refractivity contribution in [1.29, 1.82) is 0 Å². The van der Waals surface area contributed by atoms with E-state index < -0.39 is 0 Å². The van der Waals surface area contributed by atoms with Gasteiger partial charge in [-0.2, -0.15) is 5.10 Å². The van der Waals surface area contributed by atoms with Gasteiger partial charge >= 0.3 is 0 Å². The molecule has 3 aromatic heterocycles. The Balaban J connectivity index is 1.32. The number of nitrogens with zero attached hydrogens (tertiary/aromatic N) is 6. The van der Waals surface area contributed by atoms with E-state index in [0.717, 1.165) is 87.2 Å². The summed E-state index contributed by atoms with van der Waals surface area (Å²) in [5, 5.41) is 8.00. The number of rotatable bonds is 6. The molecule has 2 aliphatic rings. The number of aromatic nitrogens is 5. The molecule has 0 spiro atoms. The lowest BCUT2D eigenvalue weighted by atomic mass is 10.2. The number of nitrogens with one attached hydrogen (secondary N) is 1. The van der Waals surface area contributed by atoms with Crippen molar-refractivity contribution in [2.24, 2.45) is 0 Å². The van der Waals surface area contributed by atoms with Crippen molar-refractivity contribution in [2.75, 3.05) is 38.2 Å². The number of pyridine rings is 1. The molecule has 3 aromatic rings. The van der Waals surface area contributed by atoms with Crippen LogP contribution in [0.25, 0.3) is 11.4 Å². The predicted octanol–water partition coefficient (Wildman–Crippen LogP) is 2.30. The van der Waals surface area contributed by atoms with Crippen molar-refractivity contribution in [2.45, 2.75) is 25.8 Å². The Kier molecular flexibility index (Phi) is 5.19. The van der Waals surface area contributed by atoms with Crippen LogP contribution in [0.5, 0.6) is 0 Å². The fraction of sp³-hybridized carbons (Fsp3) is 0.429. The van der Waals surface area contributed by atoms with Gasteiger partial charge in [-0.1, -0.05) is 0 Å². The first-order valence-electron chi connectivity index (χ1n) is 10.2. The summed E-state index contributed by atoms with van der Waals surface area (Å²) in [5.41, 5.74) is 4.25. The standard InChI is InChI=1S/C21H25N7O/c1-4-18-19(5-1)25-20(16-3-2-6-22-13-16)26-21(18)24-17-14-23-28(15-17)8-7-27-9-11-29-12-10-27/h2-3,6,13-15H,1,4-5,7-12H2,(H,24,25,26). The van der Waals surface area contributed by atoms with Gasteiger partial charge in [-0.25, -0.2) is 9.97 Å². The van der Waals surface area contributed by atoms with Gasteiger partial charge in [0, 0.05) is 55.0 Å². The molecule has 5 rings (SSSR count). The summed E-state index contributed by atoms with van der Waals surface area (Å²) in [4.78, 5) is 16.2. The maximum absolute atomic E-state index is 5.41. The van der Waals surface area contributed by atoms with Crippen molar-refractivity contribution in [3.8, 4) is 11.4 Å². The lowest BCUT2D eigenvalue weighted by Crippen LogP contribution is -2.38. The number of aryl methyl sites for hydroxylation is 1. The summed E-state index contributed by atoms with van der Waals surface area (Å²) in [5.74, 6) is 1.61.